The van der Waals surface area contributed by atoms with Gasteiger partial charge < -0.3 is 14.6 Å². The Labute approximate surface area is 137 Å². The van der Waals surface area contributed by atoms with Crippen LogP contribution in [0.1, 0.15) is 17.1 Å². The van der Waals surface area contributed by atoms with Gasteiger partial charge in [0.2, 0.25) is 0 Å². The van der Waals surface area contributed by atoms with Crippen LogP contribution in [-0.4, -0.2) is 39.2 Å². The molecule has 0 saturated carbocycles. The van der Waals surface area contributed by atoms with Crippen molar-refractivity contribution >= 4 is 26.8 Å². The molecule has 4 heterocycles. The molecule has 1 fully saturated rings. The maximum Gasteiger partial charge on any atom is 0.185 e. The van der Waals surface area contributed by atoms with Crippen LogP contribution in [0.4, 0.5) is 5.13 Å². The minimum atomic E-state index is 0.231. The van der Waals surface area contributed by atoms with Crippen molar-refractivity contribution in [3.8, 4) is 0 Å². The molecule has 1 N–H and O–H groups in total. The van der Waals surface area contributed by atoms with Gasteiger partial charge in [-0.1, -0.05) is 16.5 Å². The van der Waals surface area contributed by atoms with Gasteiger partial charge in [0, 0.05) is 25.5 Å². The van der Waals surface area contributed by atoms with Crippen LogP contribution in [0, 0.1) is 19.8 Å². The molecular weight excluding hydrogens is 314 g/mol. The van der Waals surface area contributed by atoms with E-state index in [4.69, 9.17) is 9.26 Å². The molecule has 0 amide bonds. The van der Waals surface area contributed by atoms with E-state index in [1.54, 1.807) is 11.3 Å². The average Bonchev–Trinajstić information content (AvgIpc) is 3.24. The predicted octanol–water partition coefficient (Wildman–Crippen LogP) is 2.30. The number of aromatic nitrogens is 4. The van der Waals surface area contributed by atoms with Gasteiger partial charge >= 0.3 is 0 Å². The first-order valence-electron chi connectivity index (χ1n) is 7.67. The van der Waals surface area contributed by atoms with E-state index < -0.39 is 0 Å². The molecule has 0 unspecified atom stereocenters. The van der Waals surface area contributed by atoms with Gasteiger partial charge in [0.05, 0.1) is 35.3 Å². The molecular formula is C15H19N5O2S. The molecule has 0 aliphatic carbocycles. The summed E-state index contributed by atoms with van der Waals surface area (Å²) >= 11 is 1.65. The second kappa shape index (κ2) is 5.61. The highest BCUT2D eigenvalue weighted by molar-refractivity contribution is 7.22. The Bertz CT molecular complexity index is 802. The Morgan fingerprint density at radius 3 is 3.00 bits per heavy atom. The van der Waals surface area contributed by atoms with Gasteiger partial charge in [-0.15, -0.1) is 0 Å². The summed E-state index contributed by atoms with van der Waals surface area (Å²) in [5.74, 6) is 1.27. The van der Waals surface area contributed by atoms with Crippen LogP contribution in [-0.2, 0) is 18.2 Å². The van der Waals surface area contributed by atoms with Crippen molar-refractivity contribution in [2.45, 2.75) is 26.3 Å². The van der Waals surface area contributed by atoms with Crippen LogP contribution < -0.4 is 5.32 Å². The highest BCUT2D eigenvalue weighted by atomic mass is 32.1. The molecule has 7 nitrogen and oxygen atoms in total. The number of ether oxygens (including phenoxy) is 1. The Balaban J connectivity index is 1.50. The van der Waals surface area contributed by atoms with Gasteiger partial charge in [-0.25, -0.2) is 9.67 Å². The molecule has 0 aromatic carbocycles. The van der Waals surface area contributed by atoms with Gasteiger partial charge in [0.25, 0.3) is 0 Å². The van der Waals surface area contributed by atoms with E-state index in [-0.39, 0.29) is 6.04 Å². The Morgan fingerprint density at radius 2 is 2.26 bits per heavy atom. The third-order valence-electron chi connectivity index (χ3n) is 4.19. The molecule has 1 saturated heterocycles. The fourth-order valence-corrected chi connectivity index (χ4v) is 4.03. The number of nitrogens with zero attached hydrogens (tertiary/aromatic N) is 4. The molecule has 1 aliphatic heterocycles. The first kappa shape index (κ1) is 14.6. The van der Waals surface area contributed by atoms with Crippen molar-refractivity contribution in [1.82, 2.24) is 19.9 Å². The molecule has 122 valence electrons. The van der Waals surface area contributed by atoms with Crippen molar-refractivity contribution in [3.05, 3.63) is 23.2 Å². The van der Waals surface area contributed by atoms with E-state index in [9.17, 15) is 0 Å². The molecule has 0 radical (unpaired) electrons. The molecule has 1 aliphatic rings. The lowest BCUT2D eigenvalue weighted by Gasteiger charge is -2.17. The lowest BCUT2D eigenvalue weighted by atomic mass is 9.98. The van der Waals surface area contributed by atoms with E-state index in [1.165, 1.54) is 0 Å². The lowest BCUT2D eigenvalue weighted by molar-refractivity contribution is 0.183. The zero-order valence-corrected chi connectivity index (χ0v) is 14.2. The van der Waals surface area contributed by atoms with Crippen molar-refractivity contribution in [1.29, 1.82) is 0 Å². The van der Waals surface area contributed by atoms with Gasteiger partial charge in [0.1, 0.15) is 5.76 Å². The molecule has 23 heavy (non-hydrogen) atoms. The van der Waals surface area contributed by atoms with Gasteiger partial charge in [0.15, 0.2) is 10.8 Å². The van der Waals surface area contributed by atoms with Crippen LogP contribution in [0.2, 0.25) is 0 Å². The van der Waals surface area contributed by atoms with Crippen molar-refractivity contribution in [3.63, 3.8) is 0 Å². The average molecular weight is 333 g/mol. The normalized spacial score (nSPS) is 21.3. The van der Waals surface area contributed by atoms with E-state index in [2.05, 4.69) is 20.6 Å². The van der Waals surface area contributed by atoms with Crippen LogP contribution in [0.15, 0.2) is 10.6 Å². The fraction of sp³-hybridized carbons (Fsp3) is 0.533. The standard InChI is InChI=1S/C15H19N5O2S/c1-8-4-11(22-19-8)5-10-6-21-7-12(10)16-15-17-14-13(23-15)9(2)18-20(14)3/h4,10,12H,5-7H2,1-3H3,(H,16,17)/t10-,12+/m1/s1. The predicted molar refractivity (Wildman–Crippen MR) is 87.8 cm³/mol. The maximum atomic E-state index is 5.66. The Morgan fingerprint density at radius 1 is 1.39 bits per heavy atom. The highest BCUT2D eigenvalue weighted by Crippen LogP contribution is 2.30. The van der Waals surface area contributed by atoms with Gasteiger partial charge in [-0.2, -0.15) is 5.10 Å². The van der Waals surface area contributed by atoms with Crippen molar-refractivity contribution < 1.29 is 9.26 Å². The van der Waals surface area contributed by atoms with Crippen LogP contribution in [0.5, 0.6) is 0 Å². The third kappa shape index (κ3) is 2.72. The fourth-order valence-electron chi connectivity index (χ4n) is 3.04. The number of hydrogen-bond acceptors (Lipinski definition) is 7. The lowest BCUT2D eigenvalue weighted by Crippen LogP contribution is -2.29. The molecule has 4 rings (SSSR count). The highest BCUT2D eigenvalue weighted by Gasteiger charge is 2.30. The zero-order valence-electron chi connectivity index (χ0n) is 13.4. The number of aryl methyl sites for hydroxylation is 3. The number of fused-ring (bicyclic) bond motifs is 1. The Hall–Kier alpha value is -1.93. The minimum absolute atomic E-state index is 0.231. The van der Waals surface area contributed by atoms with E-state index in [0.29, 0.717) is 12.5 Å². The quantitative estimate of drug-likeness (QED) is 0.789. The molecule has 0 bridgehead atoms. The molecule has 8 heteroatoms. The van der Waals surface area contributed by atoms with Crippen molar-refractivity contribution in [2.24, 2.45) is 13.0 Å². The van der Waals surface area contributed by atoms with Crippen LogP contribution in [0.3, 0.4) is 0 Å². The molecule has 3 aromatic heterocycles. The number of rotatable bonds is 4. The van der Waals surface area contributed by atoms with E-state index in [0.717, 1.165) is 45.7 Å². The van der Waals surface area contributed by atoms with Gasteiger partial charge in [-0.05, 0) is 13.8 Å². The second-order valence-electron chi connectivity index (χ2n) is 6.07. The topological polar surface area (TPSA) is 78.0 Å². The summed E-state index contributed by atoms with van der Waals surface area (Å²) in [7, 11) is 1.92. The summed E-state index contributed by atoms with van der Waals surface area (Å²) in [4.78, 5) is 4.66. The first-order valence-corrected chi connectivity index (χ1v) is 8.48. The number of thiazole rings is 1. The van der Waals surface area contributed by atoms with Crippen LogP contribution >= 0.6 is 11.3 Å². The summed E-state index contributed by atoms with van der Waals surface area (Å²) in [5, 5.41) is 12.8. The summed E-state index contributed by atoms with van der Waals surface area (Å²) in [5.41, 5.74) is 2.86. The number of hydrogen-bond donors (Lipinski definition) is 1. The SMILES string of the molecule is Cc1cc(C[C@@H]2COC[C@@H]2Nc2nc3c(s2)c(C)nn3C)on1. The summed E-state index contributed by atoms with van der Waals surface area (Å²) in [6.07, 6.45) is 0.823. The van der Waals surface area contributed by atoms with Crippen molar-refractivity contribution in [2.75, 3.05) is 18.5 Å². The maximum absolute atomic E-state index is 5.66. The smallest absolute Gasteiger partial charge is 0.185 e. The molecule has 0 spiro atoms. The largest absolute Gasteiger partial charge is 0.379 e. The molecule has 3 aromatic rings. The first-order chi connectivity index (χ1) is 11.1. The number of anilines is 1. The minimum Gasteiger partial charge on any atom is -0.379 e. The molecule has 2 atom stereocenters. The van der Waals surface area contributed by atoms with E-state index in [1.807, 2.05) is 31.6 Å². The number of nitrogens with one attached hydrogen (secondary N) is 1. The van der Waals surface area contributed by atoms with Crippen LogP contribution in [0.25, 0.3) is 10.3 Å². The zero-order chi connectivity index (χ0) is 16.0. The summed E-state index contributed by atoms with van der Waals surface area (Å²) in [6, 6.07) is 2.22. The van der Waals surface area contributed by atoms with E-state index >= 15 is 0 Å². The second-order valence-corrected chi connectivity index (χ2v) is 7.07. The summed E-state index contributed by atoms with van der Waals surface area (Å²) in [6.45, 7) is 5.36. The third-order valence-corrected chi connectivity index (χ3v) is 5.28. The van der Waals surface area contributed by atoms with Gasteiger partial charge in [-0.3, -0.25) is 0 Å². The Kier molecular flexibility index (Phi) is 3.57. The monoisotopic (exact) mass is 333 g/mol. The summed E-state index contributed by atoms with van der Waals surface area (Å²) < 4.78 is 14.0.